The van der Waals surface area contributed by atoms with Gasteiger partial charge in [0.1, 0.15) is 11.9 Å². The third-order valence-corrected chi connectivity index (χ3v) is 3.83. The van der Waals surface area contributed by atoms with Gasteiger partial charge in [-0.1, -0.05) is 25.4 Å². The van der Waals surface area contributed by atoms with Crippen molar-refractivity contribution in [2.24, 2.45) is 5.41 Å². The SMILES string of the molecule is CC1(C)C(O)CC1Oc1cc([N+](=O)[O-])ccc1Cl. The van der Waals surface area contributed by atoms with Crippen molar-refractivity contribution >= 4 is 17.3 Å². The number of benzene rings is 1. The number of aliphatic hydroxyl groups excluding tert-OH is 1. The van der Waals surface area contributed by atoms with Crippen molar-refractivity contribution in [2.45, 2.75) is 32.5 Å². The molecule has 1 aliphatic rings. The molecule has 0 saturated heterocycles. The molecule has 2 atom stereocenters. The molecule has 1 saturated carbocycles. The lowest BCUT2D eigenvalue weighted by molar-refractivity contribution is -0.385. The molecule has 0 spiro atoms. The van der Waals surface area contributed by atoms with Crippen LogP contribution < -0.4 is 4.74 Å². The number of nitro groups is 1. The van der Waals surface area contributed by atoms with E-state index in [0.717, 1.165) is 0 Å². The lowest BCUT2D eigenvalue weighted by Gasteiger charge is -2.48. The van der Waals surface area contributed by atoms with Crippen molar-refractivity contribution in [3.05, 3.63) is 33.3 Å². The normalized spacial score (nSPS) is 25.3. The van der Waals surface area contributed by atoms with E-state index in [1.807, 2.05) is 13.8 Å². The molecule has 1 aliphatic carbocycles. The summed E-state index contributed by atoms with van der Waals surface area (Å²) in [6, 6.07) is 4.08. The van der Waals surface area contributed by atoms with Crippen LogP contribution in [0.5, 0.6) is 5.75 Å². The van der Waals surface area contributed by atoms with E-state index in [2.05, 4.69) is 0 Å². The van der Waals surface area contributed by atoms with Crippen LogP contribution in [0.3, 0.4) is 0 Å². The minimum atomic E-state index is -0.496. The third kappa shape index (κ3) is 2.15. The Balaban J connectivity index is 2.19. The van der Waals surface area contributed by atoms with Gasteiger partial charge in [-0.3, -0.25) is 10.1 Å². The molecule has 2 rings (SSSR count). The zero-order valence-corrected chi connectivity index (χ0v) is 10.8. The van der Waals surface area contributed by atoms with Crippen LogP contribution >= 0.6 is 11.6 Å². The van der Waals surface area contributed by atoms with Gasteiger partial charge in [0.15, 0.2) is 0 Å². The fraction of sp³-hybridized carbons (Fsp3) is 0.500. The second kappa shape index (κ2) is 4.40. The minimum absolute atomic E-state index is 0.0629. The van der Waals surface area contributed by atoms with Crippen LogP contribution in [-0.4, -0.2) is 22.2 Å². The highest BCUT2D eigenvalue weighted by molar-refractivity contribution is 6.32. The molecule has 0 bridgehead atoms. The Morgan fingerprint density at radius 2 is 2.22 bits per heavy atom. The van der Waals surface area contributed by atoms with E-state index in [-0.39, 0.29) is 23.0 Å². The number of ether oxygens (including phenoxy) is 1. The summed E-state index contributed by atoms with van der Waals surface area (Å²) in [5, 5.41) is 20.6. The quantitative estimate of drug-likeness (QED) is 0.678. The number of halogens is 1. The average Bonchev–Trinajstić information content (AvgIpc) is 2.30. The molecule has 1 fully saturated rings. The van der Waals surface area contributed by atoms with E-state index in [1.54, 1.807) is 0 Å². The third-order valence-electron chi connectivity index (χ3n) is 3.52. The van der Waals surface area contributed by atoms with E-state index >= 15 is 0 Å². The number of nitro benzene ring substituents is 1. The highest BCUT2D eigenvalue weighted by Gasteiger charge is 2.49. The van der Waals surface area contributed by atoms with Crippen molar-refractivity contribution in [1.82, 2.24) is 0 Å². The first-order valence-corrected chi connectivity index (χ1v) is 5.99. The van der Waals surface area contributed by atoms with Gasteiger partial charge in [-0.15, -0.1) is 0 Å². The first-order valence-electron chi connectivity index (χ1n) is 5.61. The van der Waals surface area contributed by atoms with Crippen LogP contribution in [0.2, 0.25) is 5.02 Å². The smallest absolute Gasteiger partial charge is 0.273 e. The standard InChI is InChI=1S/C12H14ClNO4/c1-12(2)10(15)6-11(12)18-9-5-7(14(16)17)3-4-8(9)13/h3-5,10-11,15H,6H2,1-2H3. The molecule has 98 valence electrons. The summed E-state index contributed by atoms with van der Waals surface area (Å²) in [7, 11) is 0. The van der Waals surface area contributed by atoms with Gasteiger partial charge in [0.2, 0.25) is 0 Å². The number of hydrogen-bond donors (Lipinski definition) is 1. The van der Waals surface area contributed by atoms with Gasteiger partial charge in [0.05, 0.1) is 22.1 Å². The predicted molar refractivity (Wildman–Crippen MR) is 66.9 cm³/mol. The first-order chi connectivity index (χ1) is 8.32. The molecule has 0 radical (unpaired) electrons. The largest absolute Gasteiger partial charge is 0.488 e. The molecular formula is C12H14ClNO4. The van der Waals surface area contributed by atoms with Gasteiger partial charge < -0.3 is 9.84 Å². The molecule has 0 heterocycles. The fourth-order valence-electron chi connectivity index (χ4n) is 1.91. The van der Waals surface area contributed by atoms with Crippen molar-refractivity contribution in [2.75, 3.05) is 0 Å². The highest BCUT2D eigenvalue weighted by atomic mass is 35.5. The summed E-state index contributed by atoms with van der Waals surface area (Å²) in [5.41, 5.74) is -0.430. The maximum absolute atomic E-state index is 10.7. The Bertz CT molecular complexity index is 489. The number of aliphatic hydroxyl groups is 1. The molecule has 0 aliphatic heterocycles. The molecular weight excluding hydrogens is 258 g/mol. The van der Waals surface area contributed by atoms with Crippen LogP contribution in [0.1, 0.15) is 20.3 Å². The Labute approximate surface area is 109 Å². The second-order valence-electron chi connectivity index (χ2n) is 5.05. The van der Waals surface area contributed by atoms with E-state index < -0.39 is 11.0 Å². The molecule has 1 aromatic rings. The Hall–Kier alpha value is -1.33. The van der Waals surface area contributed by atoms with Crippen molar-refractivity contribution < 1.29 is 14.8 Å². The van der Waals surface area contributed by atoms with Crippen LogP contribution in [0.15, 0.2) is 18.2 Å². The van der Waals surface area contributed by atoms with Gasteiger partial charge in [0, 0.05) is 17.9 Å². The molecule has 0 aromatic heterocycles. The van der Waals surface area contributed by atoms with Gasteiger partial charge in [0.25, 0.3) is 5.69 Å². The van der Waals surface area contributed by atoms with Crippen molar-refractivity contribution in [1.29, 1.82) is 0 Å². The summed E-state index contributed by atoms with van der Waals surface area (Å²) in [5.74, 6) is 0.288. The van der Waals surface area contributed by atoms with Gasteiger partial charge in [-0.25, -0.2) is 0 Å². The summed E-state index contributed by atoms with van der Waals surface area (Å²) < 4.78 is 5.66. The number of nitrogens with zero attached hydrogens (tertiary/aromatic N) is 1. The minimum Gasteiger partial charge on any atom is -0.488 e. The van der Waals surface area contributed by atoms with E-state index in [1.165, 1.54) is 18.2 Å². The summed E-state index contributed by atoms with van der Waals surface area (Å²) >= 11 is 5.95. The van der Waals surface area contributed by atoms with E-state index in [9.17, 15) is 15.2 Å². The summed E-state index contributed by atoms with van der Waals surface area (Å²) in [6.45, 7) is 3.77. The Morgan fingerprint density at radius 1 is 1.56 bits per heavy atom. The van der Waals surface area contributed by atoms with Crippen molar-refractivity contribution in [3.8, 4) is 5.75 Å². The van der Waals surface area contributed by atoms with Crippen LogP contribution in [0, 0.1) is 15.5 Å². The molecule has 5 nitrogen and oxygen atoms in total. The number of rotatable bonds is 3. The predicted octanol–water partition coefficient (Wildman–Crippen LogP) is 2.79. The molecule has 1 N–H and O–H groups in total. The maximum Gasteiger partial charge on any atom is 0.273 e. The van der Waals surface area contributed by atoms with Gasteiger partial charge in [-0.05, 0) is 6.07 Å². The van der Waals surface area contributed by atoms with Crippen LogP contribution in [-0.2, 0) is 0 Å². The first kappa shape index (κ1) is 13.1. The van der Waals surface area contributed by atoms with E-state index in [4.69, 9.17) is 16.3 Å². The molecule has 18 heavy (non-hydrogen) atoms. The maximum atomic E-state index is 10.7. The van der Waals surface area contributed by atoms with Crippen LogP contribution in [0.25, 0.3) is 0 Å². The zero-order chi connectivity index (χ0) is 13.5. The summed E-state index contributed by atoms with van der Waals surface area (Å²) in [6.07, 6.45) is -0.0987. The molecule has 0 amide bonds. The molecule has 6 heteroatoms. The van der Waals surface area contributed by atoms with Gasteiger partial charge >= 0.3 is 0 Å². The topological polar surface area (TPSA) is 72.6 Å². The lowest BCUT2D eigenvalue weighted by Crippen LogP contribution is -2.56. The molecule has 1 aromatic carbocycles. The van der Waals surface area contributed by atoms with Crippen LogP contribution in [0.4, 0.5) is 5.69 Å². The Morgan fingerprint density at radius 3 is 2.72 bits per heavy atom. The van der Waals surface area contributed by atoms with Gasteiger partial charge in [-0.2, -0.15) is 0 Å². The summed E-state index contributed by atoms with van der Waals surface area (Å²) in [4.78, 5) is 10.2. The zero-order valence-electron chi connectivity index (χ0n) is 10.1. The monoisotopic (exact) mass is 271 g/mol. The fourth-order valence-corrected chi connectivity index (χ4v) is 2.08. The van der Waals surface area contributed by atoms with Crippen molar-refractivity contribution in [3.63, 3.8) is 0 Å². The Kier molecular flexibility index (Phi) is 3.21. The lowest BCUT2D eigenvalue weighted by atomic mass is 9.66. The average molecular weight is 272 g/mol. The number of hydrogen-bond acceptors (Lipinski definition) is 4. The molecule has 2 unspecified atom stereocenters. The second-order valence-corrected chi connectivity index (χ2v) is 5.46. The van der Waals surface area contributed by atoms with E-state index in [0.29, 0.717) is 11.4 Å². The number of non-ortho nitro benzene ring substituents is 1. The highest BCUT2D eigenvalue weighted by Crippen LogP contribution is 2.44.